The summed E-state index contributed by atoms with van der Waals surface area (Å²) >= 11 is 0. The lowest BCUT2D eigenvalue weighted by atomic mass is 9.69. The van der Waals surface area contributed by atoms with Gasteiger partial charge in [0.25, 0.3) is 5.91 Å². The van der Waals surface area contributed by atoms with E-state index in [4.69, 9.17) is 0 Å². The highest BCUT2D eigenvalue weighted by Crippen LogP contribution is 2.40. The van der Waals surface area contributed by atoms with Gasteiger partial charge in [-0.2, -0.15) is 0 Å². The summed E-state index contributed by atoms with van der Waals surface area (Å²) in [6, 6.07) is -3.62. The molecule has 3 aliphatic rings. The molecule has 3 fully saturated rings. The van der Waals surface area contributed by atoms with Gasteiger partial charge < -0.3 is 26.2 Å². The zero-order valence-electron chi connectivity index (χ0n) is 29.1. The number of hydrogen-bond acceptors (Lipinski definition) is 6. The molecule has 11 heteroatoms. The number of amides is 5. The molecule has 5 amide bonds. The molecule has 4 N–H and O–H groups in total. The largest absolute Gasteiger partial charge is 0.346 e. The third-order valence-electron chi connectivity index (χ3n) is 9.68. The minimum atomic E-state index is -0.982. The molecule has 1 saturated heterocycles. The molecule has 1 heterocycles. The quantitative estimate of drug-likeness (QED) is 0.179. The highest BCUT2D eigenvalue weighted by atomic mass is 16.2. The average Bonchev–Trinajstić information content (AvgIpc) is 3.66. The lowest BCUT2D eigenvalue weighted by Gasteiger charge is -2.42. The number of nitrogens with zero attached hydrogens (tertiary/aromatic N) is 1. The number of hydrogen-bond donors (Lipinski definition) is 4. The highest BCUT2D eigenvalue weighted by molar-refractivity contribution is 6.38. The summed E-state index contributed by atoms with van der Waals surface area (Å²) in [5.74, 6) is -2.73. The van der Waals surface area contributed by atoms with Crippen LogP contribution in [0.5, 0.6) is 0 Å². The van der Waals surface area contributed by atoms with E-state index in [1.54, 1.807) is 20.8 Å². The van der Waals surface area contributed by atoms with Crippen LogP contribution in [0.15, 0.2) is 12.7 Å². The predicted molar refractivity (Wildman–Crippen MR) is 176 cm³/mol. The number of rotatable bonds is 13. The van der Waals surface area contributed by atoms with Crippen LogP contribution < -0.4 is 21.3 Å². The van der Waals surface area contributed by atoms with Crippen molar-refractivity contribution in [2.45, 2.75) is 137 Å². The van der Waals surface area contributed by atoms with E-state index >= 15 is 0 Å². The Hall–Kier alpha value is -3.24. The van der Waals surface area contributed by atoms with Gasteiger partial charge in [0.2, 0.25) is 29.4 Å². The first kappa shape index (κ1) is 37.2. The molecule has 3 rings (SSSR count). The zero-order chi connectivity index (χ0) is 34.4. The second-order valence-electron chi connectivity index (χ2n) is 16.0. The lowest BCUT2D eigenvalue weighted by Crippen LogP contribution is -2.63. The molecule has 0 radical (unpaired) electrons. The van der Waals surface area contributed by atoms with Crippen LogP contribution in [-0.2, 0) is 28.8 Å². The van der Waals surface area contributed by atoms with Gasteiger partial charge in [0.15, 0.2) is 0 Å². The Morgan fingerprint density at radius 2 is 1.52 bits per heavy atom. The molecule has 0 aromatic heterocycles. The molecule has 1 aliphatic heterocycles. The van der Waals surface area contributed by atoms with Gasteiger partial charge in [-0.1, -0.05) is 86.6 Å². The molecular formula is C35H57N5O6. The number of nitrogens with one attached hydrogen (secondary N) is 4. The monoisotopic (exact) mass is 643 g/mol. The summed E-state index contributed by atoms with van der Waals surface area (Å²) in [4.78, 5) is 82.1. The van der Waals surface area contributed by atoms with E-state index in [9.17, 15) is 28.8 Å². The third kappa shape index (κ3) is 9.64. The summed E-state index contributed by atoms with van der Waals surface area (Å²) in [5.41, 5.74) is -1.88. The van der Waals surface area contributed by atoms with Crippen molar-refractivity contribution in [3.05, 3.63) is 12.7 Å². The first-order valence-corrected chi connectivity index (χ1v) is 17.0. The molecule has 2 aliphatic carbocycles. The predicted octanol–water partition coefficient (Wildman–Crippen LogP) is 3.17. The van der Waals surface area contributed by atoms with Gasteiger partial charge in [-0.05, 0) is 48.9 Å². The van der Waals surface area contributed by atoms with Crippen molar-refractivity contribution in [1.82, 2.24) is 26.2 Å². The van der Waals surface area contributed by atoms with E-state index in [0.29, 0.717) is 25.8 Å². The van der Waals surface area contributed by atoms with Crippen LogP contribution in [0, 0.1) is 22.2 Å². The van der Waals surface area contributed by atoms with Crippen molar-refractivity contribution in [3.63, 3.8) is 0 Å². The summed E-state index contributed by atoms with van der Waals surface area (Å²) in [6.45, 7) is 17.0. The van der Waals surface area contributed by atoms with E-state index in [1.165, 1.54) is 11.0 Å². The number of ketones is 1. The maximum atomic E-state index is 14.2. The van der Waals surface area contributed by atoms with Gasteiger partial charge in [0.1, 0.15) is 18.1 Å². The van der Waals surface area contributed by atoms with Crippen LogP contribution in [0.3, 0.4) is 0 Å². The van der Waals surface area contributed by atoms with E-state index in [2.05, 4.69) is 27.8 Å². The van der Waals surface area contributed by atoms with Crippen molar-refractivity contribution in [2.24, 2.45) is 22.2 Å². The molecular weight excluding hydrogens is 586 g/mol. The molecule has 2 saturated carbocycles. The first-order chi connectivity index (χ1) is 21.4. The number of carbonyl (C=O) groups is 6. The molecule has 4 atom stereocenters. The highest BCUT2D eigenvalue weighted by Gasteiger charge is 2.47. The maximum absolute atomic E-state index is 14.2. The number of carbonyl (C=O) groups excluding carboxylic acids is 6. The minimum absolute atomic E-state index is 0.138. The minimum Gasteiger partial charge on any atom is -0.346 e. The molecule has 0 aromatic carbocycles. The summed E-state index contributed by atoms with van der Waals surface area (Å²) < 4.78 is 0. The standard InChI is InChI=1S/C35H57N5O6/c1-9-19-36-29(43)25(41)23(21-22-15-16-22)37-28(42)24-14-13-20-40(24)31(45)27(33(2,3)4)38-30(44)26(39-32(46)34(5,6)7)35(8)17-11-10-12-18-35/h9,22-24,26-27H,1,10-21H2,2-8H3,(H,36,43)(H,37,42)(H,38,44)(H,39,46)/t23?,24-,26?,27+/m0/s1. The summed E-state index contributed by atoms with van der Waals surface area (Å²) in [6.07, 6.45) is 9.25. The van der Waals surface area contributed by atoms with Crippen LogP contribution in [0.4, 0.5) is 0 Å². The first-order valence-electron chi connectivity index (χ1n) is 17.0. The third-order valence-corrected chi connectivity index (χ3v) is 9.68. The molecule has 0 aromatic rings. The molecule has 0 spiro atoms. The van der Waals surface area contributed by atoms with E-state index in [-0.39, 0.29) is 24.3 Å². The van der Waals surface area contributed by atoms with Crippen LogP contribution in [-0.4, -0.2) is 77.5 Å². The van der Waals surface area contributed by atoms with E-state index < -0.39 is 63.9 Å². The van der Waals surface area contributed by atoms with Crippen LogP contribution >= 0.6 is 0 Å². The Labute approximate surface area is 274 Å². The topological polar surface area (TPSA) is 154 Å². The van der Waals surface area contributed by atoms with Crippen LogP contribution in [0.25, 0.3) is 0 Å². The Balaban J connectivity index is 1.81. The Morgan fingerprint density at radius 1 is 0.891 bits per heavy atom. The van der Waals surface area contributed by atoms with Crippen molar-refractivity contribution >= 4 is 35.3 Å². The molecule has 11 nitrogen and oxygen atoms in total. The maximum Gasteiger partial charge on any atom is 0.289 e. The number of likely N-dealkylation sites (tertiary alicyclic amines) is 1. The van der Waals surface area contributed by atoms with Gasteiger partial charge in [0, 0.05) is 18.5 Å². The van der Waals surface area contributed by atoms with Gasteiger partial charge in [-0.25, -0.2) is 0 Å². The zero-order valence-corrected chi connectivity index (χ0v) is 29.1. The lowest BCUT2D eigenvalue weighted by molar-refractivity contribution is -0.146. The fraction of sp³-hybridized carbons (Fsp3) is 0.771. The molecule has 0 bridgehead atoms. The number of Topliss-reactive ketones (excluding diaryl/α,β-unsaturated/α-hetero) is 1. The molecule has 258 valence electrons. The fourth-order valence-electron chi connectivity index (χ4n) is 6.49. The van der Waals surface area contributed by atoms with Gasteiger partial charge >= 0.3 is 0 Å². The van der Waals surface area contributed by atoms with Gasteiger partial charge in [-0.15, -0.1) is 6.58 Å². The Kier molecular flexibility index (Phi) is 12.2. The van der Waals surface area contributed by atoms with Crippen molar-refractivity contribution in [1.29, 1.82) is 0 Å². The van der Waals surface area contributed by atoms with E-state index in [0.717, 1.165) is 44.9 Å². The van der Waals surface area contributed by atoms with Crippen LogP contribution in [0.2, 0.25) is 0 Å². The summed E-state index contributed by atoms with van der Waals surface area (Å²) in [5, 5.41) is 11.3. The normalized spacial score (nSPS) is 21.7. The molecule has 46 heavy (non-hydrogen) atoms. The van der Waals surface area contributed by atoms with Crippen molar-refractivity contribution < 1.29 is 28.8 Å². The average molecular weight is 644 g/mol. The molecule has 2 unspecified atom stereocenters. The fourth-order valence-corrected chi connectivity index (χ4v) is 6.49. The van der Waals surface area contributed by atoms with Crippen LogP contribution in [0.1, 0.15) is 113 Å². The SMILES string of the molecule is C=CCNC(=O)C(=O)C(CC1CC1)NC(=O)[C@@H]1CCCN1C(=O)[C@@H](NC(=O)C(NC(=O)C(C)(C)C)C1(C)CCCCC1)C(C)(C)C. The second kappa shape index (κ2) is 15.1. The van der Waals surface area contributed by atoms with Crippen molar-refractivity contribution in [2.75, 3.05) is 13.1 Å². The van der Waals surface area contributed by atoms with Gasteiger partial charge in [0.05, 0.1) is 6.04 Å². The Bertz CT molecular complexity index is 1170. The van der Waals surface area contributed by atoms with Gasteiger partial charge in [-0.3, -0.25) is 28.8 Å². The van der Waals surface area contributed by atoms with Crippen molar-refractivity contribution in [3.8, 4) is 0 Å². The summed E-state index contributed by atoms with van der Waals surface area (Å²) in [7, 11) is 0. The smallest absolute Gasteiger partial charge is 0.289 e. The van der Waals surface area contributed by atoms with E-state index in [1.807, 2.05) is 27.7 Å². The second-order valence-corrected chi connectivity index (χ2v) is 16.0. The Morgan fingerprint density at radius 3 is 2.07 bits per heavy atom.